The van der Waals surface area contributed by atoms with E-state index < -0.39 is 0 Å². The van der Waals surface area contributed by atoms with E-state index in [1.165, 1.54) is 16.7 Å². The van der Waals surface area contributed by atoms with Crippen molar-refractivity contribution in [1.29, 1.82) is 0 Å². The molecule has 4 heteroatoms. The van der Waals surface area contributed by atoms with Crippen molar-refractivity contribution in [1.82, 2.24) is 4.90 Å². The maximum Gasteiger partial charge on any atom is 0.0417 e. The van der Waals surface area contributed by atoms with Gasteiger partial charge in [-0.05, 0) is 41.3 Å². The maximum absolute atomic E-state index is 6.09. The standard InChI is InChI=1S/C16H16BrClN2/c17-15-8-13(18)5-4-12(15)9-20-7-6-11-2-1-3-16(19)14(11)10-20/h1-5,8H,6-7,9-10,19H2. The number of anilines is 1. The first kappa shape index (κ1) is 13.9. The highest BCUT2D eigenvalue weighted by Crippen LogP contribution is 2.27. The van der Waals surface area contributed by atoms with Crippen LogP contribution in [-0.4, -0.2) is 11.4 Å². The fourth-order valence-electron chi connectivity index (χ4n) is 2.69. The van der Waals surface area contributed by atoms with Crippen LogP contribution in [0.3, 0.4) is 0 Å². The third-order valence-corrected chi connectivity index (χ3v) is 4.77. The minimum atomic E-state index is 0.758. The minimum absolute atomic E-state index is 0.758. The molecular weight excluding hydrogens is 336 g/mol. The van der Waals surface area contributed by atoms with E-state index in [2.05, 4.69) is 33.0 Å². The van der Waals surface area contributed by atoms with Gasteiger partial charge in [-0.25, -0.2) is 0 Å². The van der Waals surface area contributed by atoms with Crippen molar-refractivity contribution in [2.45, 2.75) is 19.5 Å². The Labute approximate surface area is 132 Å². The van der Waals surface area contributed by atoms with Crippen molar-refractivity contribution in [3.05, 3.63) is 62.6 Å². The lowest BCUT2D eigenvalue weighted by Gasteiger charge is -2.30. The van der Waals surface area contributed by atoms with Crippen LogP contribution in [0.2, 0.25) is 5.02 Å². The third-order valence-electron chi connectivity index (χ3n) is 3.80. The molecule has 2 N–H and O–H groups in total. The fraction of sp³-hybridized carbons (Fsp3) is 0.250. The van der Waals surface area contributed by atoms with Gasteiger partial charge < -0.3 is 5.73 Å². The Morgan fingerprint density at radius 2 is 2.10 bits per heavy atom. The molecule has 0 aliphatic carbocycles. The van der Waals surface area contributed by atoms with Gasteiger partial charge in [0.05, 0.1) is 0 Å². The highest BCUT2D eigenvalue weighted by Gasteiger charge is 2.18. The molecular formula is C16H16BrClN2. The lowest BCUT2D eigenvalue weighted by Crippen LogP contribution is -2.30. The Hall–Kier alpha value is -1.03. The average Bonchev–Trinajstić information content (AvgIpc) is 2.43. The molecule has 1 heterocycles. The van der Waals surface area contributed by atoms with E-state index >= 15 is 0 Å². The Balaban J connectivity index is 1.79. The molecule has 20 heavy (non-hydrogen) atoms. The van der Waals surface area contributed by atoms with Gasteiger partial charge >= 0.3 is 0 Å². The molecule has 2 nitrogen and oxygen atoms in total. The lowest BCUT2D eigenvalue weighted by atomic mass is 9.98. The minimum Gasteiger partial charge on any atom is -0.398 e. The van der Waals surface area contributed by atoms with Crippen LogP contribution in [0, 0.1) is 0 Å². The van der Waals surface area contributed by atoms with Gasteiger partial charge in [-0.3, -0.25) is 4.90 Å². The number of nitrogens with two attached hydrogens (primary N) is 1. The first-order valence-electron chi connectivity index (χ1n) is 6.66. The predicted molar refractivity (Wildman–Crippen MR) is 87.8 cm³/mol. The van der Waals surface area contributed by atoms with E-state index in [9.17, 15) is 0 Å². The van der Waals surface area contributed by atoms with Crippen molar-refractivity contribution >= 4 is 33.2 Å². The second-order valence-electron chi connectivity index (χ2n) is 5.18. The van der Waals surface area contributed by atoms with Crippen LogP contribution in [0.25, 0.3) is 0 Å². The number of nitrogens with zero attached hydrogens (tertiary/aromatic N) is 1. The van der Waals surface area contributed by atoms with E-state index in [-0.39, 0.29) is 0 Å². The van der Waals surface area contributed by atoms with Gasteiger partial charge in [-0.1, -0.05) is 45.7 Å². The summed E-state index contributed by atoms with van der Waals surface area (Å²) in [6, 6.07) is 12.2. The summed E-state index contributed by atoms with van der Waals surface area (Å²) < 4.78 is 1.07. The van der Waals surface area contributed by atoms with Crippen molar-refractivity contribution in [3.63, 3.8) is 0 Å². The summed E-state index contributed by atoms with van der Waals surface area (Å²) in [6.07, 6.45) is 1.06. The van der Waals surface area contributed by atoms with E-state index in [0.29, 0.717) is 0 Å². The summed E-state index contributed by atoms with van der Waals surface area (Å²) >= 11 is 9.57. The summed E-state index contributed by atoms with van der Waals surface area (Å²) in [7, 11) is 0. The van der Waals surface area contributed by atoms with Gasteiger partial charge in [-0.15, -0.1) is 0 Å². The molecule has 1 aliphatic heterocycles. The molecule has 0 fully saturated rings. The smallest absolute Gasteiger partial charge is 0.0417 e. The van der Waals surface area contributed by atoms with Gasteiger partial charge in [0.15, 0.2) is 0 Å². The Kier molecular flexibility index (Phi) is 4.01. The number of benzene rings is 2. The van der Waals surface area contributed by atoms with Crippen LogP contribution >= 0.6 is 27.5 Å². The Morgan fingerprint density at radius 3 is 2.90 bits per heavy atom. The monoisotopic (exact) mass is 350 g/mol. The summed E-state index contributed by atoms with van der Waals surface area (Å²) in [6.45, 7) is 2.88. The zero-order valence-corrected chi connectivity index (χ0v) is 13.4. The zero-order valence-electron chi connectivity index (χ0n) is 11.1. The molecule has 0 saturated heterocycles. The molecule has 0 spiro atoms. The van der Waals surface area contributed by atoms with E-state index in [1.807, 2.05) is 24.3 Å². The van der Waals surface area contributed by atoms with Crippen molar-refractivity contribution in [2.24, 2.45) is 0 Å². The molecule has 0 atom stereocenters. The second-order valence-corrected chi connectivity index (χ2v) is 6.47. The Morgan fingerprint density at radius 1 is 1.25 bits per heavy atom. The molecule has 2 aromatic carbocycles. The van der Waals surface area contributed by atoms with Crippen molar-refractivity contribution < 1.29 is 0 Å². The predicted octanol–water partition coefficient (Wildman–Crippen LogP) is 4.24. The van der Waals surface area contributed by atoms with E-state index in [1.54, 1.807) is 0 Å². The van der Waals surface area contributed by atoms with Crippen LogP contribution in [0.15, 0.2) is 40.9 Å². The normalized spacial score (nSPS) is 15.1. The number of hydrogen-bond donors (Lipinski definition) is 1. The number of halogens is 2. The number of fused-ring (bicyclic) bond motifs is 1. The highest BCUT2D eigenvalue weighted by atomic mass is 79.9. The molecule has 0 saturated carbocycles. The molecule has 0 bridgehead atoms. The first-order chi connectivity index (χ1) is 9.63. The van der Waals surface area contributed by atoms with E-state index in [4.69, 9.17) is 17.3 Å². The van der Waals surface area contributed by atoms with Gasteiger partial charge in [0.25, 0.3) is 0 Å². The van der Waals surface area contributed by atoms with Crippen LogP contribution in [0.4, 0.5) is 5.69 Å². The largest absolute Gasteiger partial charge is 0.398 e. The summed E-state index contributed by atoms with van der Waals surface area (Å²) in [5.74, 6) is 0. The zero-order chi connectivity index (χ0) is 14.1. The SMILES string of the molecule is Nc1cccc2c1CN(Cc1ccc(Cl)cc1Br)CC2. The third kappa shape index (κ3) is 2.85. The lowest BCUT2D eigenvalue weighted by molar-refractivity contribution is 0.245. The molecule has 0 amide bonds. The quantitative estimate of drug-likeness (QED) is 0.820. The number of rotatable bonds is 2. The van der Waals surface area contributed by atoms with Gasteiger partial charge in [0.1, 0.15) is 0 Å². The molecule has 1 aliphatic rings. The number of hydrogen-bond acceptors (Lipinski definition) is 2. The van der Waals surface area contributed by atoms with Gasteiger partial charge in [-0.2, -0.15) is 0 Å². The van der Waals surface area contributed by atoms with Crippen LogP contribution in [-0.2, 0) is 19.5 Å². The second kappa shape index (κ2) is 5.76. The summed E-state index contributed by atoms with van der Waals surface area (Å²) in [5.41, 5.74) is 10.9. The summed E-state index contributed by atoms with van der Waals surface area (Å²) in [4.78, 5) is 2.42. The molecule has 0 unspecified atom stereocenters. The summed E-state index contributed by atoms with van der Waals surface area (Å²) in [5, 5.41) is 0.758. The van der Waals surface area contributed by atoms with Crippen molar-refractivity contribution in [2.75, 3.05) is 12.3 Å². The van der Waals surface area contributed by atoms with Gasteiger partial charge in [0, 0.05) is 34.8 Å². The van der Waals surface area contributed by atoms with E-state index in [0.717, 1.165) is 41.2 Å². The molecule has 104 valence electrons. The molecule has 3 rings (SSSR count). The average molecular weight is 352 g/mol. The van der Waals surface area contributed by atoms with Gasteiger partial charge in [0.2, 0.25) is 0 Å². The molecule has 2 aromatic rings. The molecule has 0 radical (unpaired) electrons. The number of nitrogen functional groups attached to an aromatic ring is 1. The van der Waals surface area contributed by atoms with Crippen LogP contribution in [0.1, 0.15) is 16.7 Å². The molecule has 0 aromatic heterocycles. The fourth-order valence-corrected chi connectivity index (χ4v) is 3.50. The Bertz CT molecular complexity index is 642. The van der Waals surface area contributed by atoms with Crippen LogP contribution < -0.4 is 5.73 Å². The van der Waals surface area contributed by atoms with Crippen molar-refractivity contribution in [3.8, 4) is 0 Å². The topological polar surface area (TPSA) is 29.3 Å². The first-order valence-corrected chi connectivity index (χ1v) is 7.83. The van der Waals surface area contributed by atoms with Crippen LogP contribution in [0.5, 0.6) is 0 Å². The maximum atomic E-state index is 6.09. The highest BCUT2D eigenvalue weighted by molar-refractivity contribution is 9.10.